The quantitative estimate of drug-likeness (QED) is 0.808. The van der Waals surface area contributed by atoms with E-state index in [4.69, 9.17) is 0 Å². The van der Waals surface area contributed by atoms with Gasteiger partial charge in [-0.3, -0.25) is 4.79 Å². The first-order chi connectivity index (χ1) is 12.4. The lowest BCUT2D eigenvalue weighted by atomic mass is 10.1. The van der Waals surface area contributed by atoms with Gasteiger partial charge in [0.1, 0.15) is 5.82 Å². The molecule has 1 N–H and O–H groups in total. The number of carbonyl (C=O) groups excluding carboxylic acids is 1. The molecule has 0 atom stereocenters. The van der Waals surface area contributed by atoms with Crippen LogP contribution < -0.4 is 4.72 Å². The van der Waals surface area contributed by atoms with E-state index in [9.17, 15) is 17.6 Å². The number of carbonyl (C=O) groups is 1. The third kappa shape index (κ3) is 4.28. The van der Waals surface area contributed by atoms with E-state index in [0.29, 0.717) is 12.1 Å². The van der Waals surface area contributed by atoms with Crippen LogP contribution in [0.5, 0.6) is 0 Å². The van der Waals surface area contributed by atoms with Crippen LogP contribution in [0.4, 0.5) is 4.39 Å². The third-order valence-corrected chi connectivity index (χ3v) is 5.78. The van der Waals surface area contributed by atoms with Crippen molar-refractivity contribution in [3.05, 3.63) is 65.5 Å². The van der Waals surface area contributed by atoms with Crippen LogP contribution in [0.3, 0.4) is 0 Å². The lowest BCUT2D eigenvalue weighted by Crippen LogP contribution is -2.33. The molecule has 0 saturated heterocycles. The van der Waals surface area contributed by atoms with Crippen LogP contribution in [0.15, 0.2) is 53.4 Å². The number of hydrogen-bond donors (Lipinski definition) is 1. The summed E-state index contributed by atoms with van der Waals surface area (Å²) in [5.74, 6) is -0.537. The molecule has 0 bridgehead atoms. The molecular formula is C19H21FN2O3S. The van der Waals surface area contributed by atoms with E-state index < -0.39 is 10.0 Å². The summed E-state index contributed by atoms with van der Waals surface area (Å²) >= 11 is 0. The molecule has 7 heteroatoms. The predicted molar refractivity (Wildman–Crippen MR) is 96.6 cm³/mol. The summed E-state index contributed by atoms with van der Waals surface area (Å²) in [7, 11) is -3.62. The molecule has 1 aliphatic carbocycles. The van der Waals surface area contributed by atoms with Crippen molar-refractivity contribution in [2.75, 3.05) is 6.54 Å². The van der Waals surface area contributed by atoms with E-state index >= 15 is 0 Å². The van der Waals surface area contributed by atoms with Crippen LogP contribution in [0, 0.1) is 5.82 Å². The first-order valence-electron chi connectivity index (χ1n) is 8.56. The minimum Gasteiger partial charge on any atom is -0.331 e. The van der Waals surface area contributed by atoms with Gasteiger partial charge in [-0.1, -0.05) is 25.1 Å². The van der Waals surface area contributed by atoms with Gasteiger partial charge < -0.3 is 4.90 Å². The second kappa shape index (κ2) is 7.55. The highest BCUT2D eigenvalue weighted by Crippen LogP contribution is 2.30. The molecule has 26 heavy (non-hydrogen) atoms. The maximum Gasteiger partial charge on any atom is 0.254 e. The largest absolute Gasteiger partial charge is 0.331 e. The van der Waals surface area contributed by atoms with Crippen molar-refractivity contribution in [2.45, 2.75) is 37.2 Å². The summed E-state index contributed by atoms with van der Waals surface area (Å²) in [6.45, 7) is 2.34. The molecule has 0 heterocycles. The Morgan fingerprint density at radius 2 is 1.88 bits per heavy atom. The molecule has 0 radical (unpaired) electrons. The molecular weight excluding hydrogens is 355 g/mol. The Hall–Kier alpha value is -2.25. The fourth-order valence-electron chi connectivity index (χ4n) is 2.77. The third-order valence-electron chi connectivity index (χ3n) is 4.24. The topological polar surface area (TPSA) is 66.5 Å². The average Bonchev–Trinajstić information content (AvgIpc) is 3.46. The van der Waals surface area contributed by atoms with Gasteiger partial charge >= 0.3 is 0 Å². The van der Waals surface area contributed by atoms with E-state index in [1.807, 2.05) is 0 Å². The molecule has 1 saturated carbocycles. The smallest absolute Gasteiger partial charge is 0.254 e. The molecule has 2 aromatic carbocycles. The van der Waals surface area contributed by atoms with Crippen LogP contribution in [0.2, 0.25) is 0 Å². The maximum atomic E-state index is 13.1. The Balaban J connectivity index is 1.85. The fourth-order valence-corrected chi connectivity index (χ4v) is 3.86. The highest BCUT2D eigenvalue weighted by atomic mass is 32.2. The second-order valence-corrected chi connectivity index (χ2v) is 8.09. The second-order valence-electron chi connectivity index (χ2n) is 6.32. The van der Waals surface area contributed by atoms with Gasteiger partial charge in [-0.15, -0.1) is 0 Å². The normalized spacial score (nSPS) is 14.2. The van der Waals surface area contributed by atoms with Crippen LogP contribution >= 0.6 is 0 Å². The van der Waals surface area contributed by atoms with Crippen molar-refractivity contribution in [2.24, 2.45) is 0 Å². The molecule has 1 fully saturated rings. The van der Waals surface area contributed by atoms with Crippen molar-refractivity contribution < 1.29 is 17.6 Å². The van der Waals surface area contributed by atoms with Crippen LogP contribution in [0.1, 0.15) is 35.7 Å². The zero-order valence-corrected chi connectivity index (χ0v) is 15.3. The maximum absolute atomic E-state index is 13.1. The number of nitrogens with zero attached hydrogens (tertiary/aromatic N) is 1. The molecule has 1 amide bonds. The molecule has 1 aliphatic rings. The summed E-state index contributed by atoms with van der Waals surface area (Å²) < 4.78 is 39.9. The lowest BCUT2D eigenvalue weighted by Gasteiger charge is -2.23. The number of hydrogen-bond acceptors (Lipinski definition) is 3. The Bertz CT molecular complexity index is 893. The molecule has 5 nitrogen and oxygen atoms in total. The first-order valence-corrected chi connectivity index (χ1v) is 10.0. The van der Waals surface area contributed by atoms with Crippen molar-refractivity contribution in [3.63, 3.8) is 0 Å². The fraction of sp³-hybridized carbons (Fsp3) is 0.316. The highest BCUT2D eigenvalue weighted by molar-refractivity contribution is 7.89. The Kier molecular flexibility index (Phi) is 5.38. The number of halogens is 1. The zero-order valence-electron chi connectivity index (χ0n) is 14.5. The molecule has 0 unspecified atom stereocenters. The van der Waals surface area contributed by atoms with Gasteiger partial charge in [0.25, 0.3) is 5.91 Å². The SMILES string of the molecule is CCNS(=O)(=O)c1cccc(C(=O)N(Cc2ccc(F)cc2)C2CC2)c1. The minimum absolute atomic E-state index is 0.0720. The molecule has 3 rings (SSSR count). The van der Waals surface area contributed by atoms with Crippen molar-refractivity contribution in [1.82, 2.24) is 9.62 Å². The summed E-state index contributed by atoms with van der Waals surface area (Å²) in [6, 6.07) is 12.3. The van der Waals surface area contributed by atoms with Gasteiger partial charge in [0, 0.05) is 24.7 Å². The molecule has 2 aromatic rings. The Labute approximate surface area is 152 Å². The Morgan fingerprint density at radius 3 is 2.50 bits per heavy atom. The van der Waals surface area contributed by atoms with Crippen molar-refractivity contribution >= 4 is 15.9 Å². The van der Waals surface area contributed by atoms with Gasteiger partial charge in [-0.25, -0.2) is 17.5 Å². The number of benzene rings is 2. The number of rotatable bonds is 7. The van der Waals surface area contributed by atoms with Gasteiger partial charge in [0.2, 0.25) is 10.0 Å². The number of nitrogens with one attached hydrogen (secondary N) is 1. The predicted octanol–water partition coefficient (Wildman–Crippen LogP) is 2.93. The van der Waals surface area contributed by atoms with E-state index in [0.717, 1.165) is 18.4 Å². The van der Waals surface area contributed by atoms with E-state index in [-0.39, 0.29) is 29.2 Å². The van der Waals surface area contributed by atoms with Gasteiger partial charge in [0.05, 0.1) is 4.90 Å². The standard InChI is InChI=1S/C19H21FN2O3S/c1-2-21-26(24,25)18-5-3-4-15(12-18)19(23)22(17-10-11-17)13-14-6-8-16(20)9-7-14/h3-9,12,17,21H,2,10-11,13H2,1H3. The number of sulfonamides is 1. The van der Waals surface area contributed by atoms with Crippen molar-refractivity contribution in [3.8, 4) is 0 Å². The van der Waals surface area contributed by atoms with Crippen LogP contribution in [-0.4, -0.2) is 31.8 Å². The van der Waals surface area contributed by atoms with Crippen LogP contribution in [-0.2, 0) is 16.6 Å². The van der Waals surface area contributed by atoms with Crippen LogP contribution in [0.25, 0.3) is 0 Å². The van der Waals surface area contributed by atoms with E-state index in [1.54, 1.807) is 36.1 Å². The molecule has 138 valence electrons. The molecule has 0 aliphatic heterocycles. The summed E-state index contributed by atoms with van der Waals surface area (Å²) in [5, 5.41) is 0. The van der Waals surface area contributed by atoms with E-state index in [1.165, 1.54) is 24.3 Å². The Morgan fingerprint density at radius 1 is 1.19 bits per heavy atom. The van der Waals surface area contributed by atoms with Gasteiger partial charge in [-0.2, -0.15) is 0 Å². The van der Waals surface area contributed by atoms with E-state index in [2.05, 4.69) is 4.72 Å². The first kappa shape index (κ1) is 18.5. The molecule has 0 spiro atoms. The minimum atomic E-state index is -3.62. The average molecular weight is 376 g/mol. The lowest BCUT2D eigenvalue weighted by molar-refractivity contribution is 0.0729. The summed E-state index contributed by atoms with van der Waals surface area (Å²) in [5.41, 5.74) is 1.17. The summed E-state index contributed by atoms with van der Waals surface area (Å²) in [6.07, 6.45) is 1.84. The molecule has 0 aromatic heterocycles. The monoisotopic (exact) mass is 376 g/mol. The highest BCUT2D eigenvalue weighted by Gasteiger charge is 2.33. The summed E-state index contributed by atoms with van der Waals surface area (Å²) in [4.78, 5) is 14.8. The number of amides is 1. The van der Waals surface area contributed by atoms with Gasteiger partial charge in [0.15, 0.2) is 0 Å². The van der Waals surface area contributed by atoms with Gasteiger partial charge in [-0.05, 0) is 48.7 Å². The zero-order chi connectivity index (χ0) is 18.7. The van der Waals surface area contributed by atoms with Crippen molar-refractivity contribution in [1.29, 1.82) is 0 Å².